The summed E-state index contributed by atoms with van der Waals surface area (Å²) < 4.78 is 23.5. The number of aliphatic hydroxyl groups excluding tert-OH is 1. The van der Waals surface area contributed by atoms with E-state index in [1.165, 1.54) is 0 Å². The highest BCUT2D eigenvalue weighted by Crippen LogP contribution is 2.40. The Balaban J connectivity index is 0.981. The molecule has 0 aliphatic heterocycles. The third kappa shape index (κ3) is 8.08. The van der Waals surface area contributed by atoms with Crippen LogP contribution in [0.25, 0.3) is 45.7 Å². The number of carbonyl (C=O) groups excluding carboxylic acids is 1. The monoisotopic (exact) mass is 804 g/mol. The maximum absolute atomic E-state index is 12.2. The molecule has 3 atom stereocenters. The number of nitrogens with zero attached hydrogens (tertiary/aromatic N) is 7. The smallest absolute Gasteiger partial charge is 0.258 e. The number of aliphatic hydroxyl groups is 1. The molecule has 2 unspecified atom stereocenters. The van der Waals surface area contributed by atoms with Crippen LogP contribution >= 0.6 is 0 Å². The van der Waals surface area contributed by atoms with Gasteiger partial charge in [-0.25, -0.2) is 0 Å². The van der Waals surface area contributed by atoms with E-state index in [2.05, 4.69) is 33.8 Å². The van der Waals surface area contributed by atoms with Crippen molar-refractivity contribution in [2.24, 2.45) is 0 Å². The molecule has 2 aliphatic carbocycles. The van der Waals surface area contributed by atoms with E-state index < -0.39 is 6.10 Å². The zero-order valence-corrected chi connectivity index (χ0v) is 34.0. The van der Waals surface area contributed by atoms with Gasteiger partial charge in [0.05, 0.1) is 36.0 Å². The van der Waals surface area contributed by atoms with Crippen LogP contribution in [0.4, 0.5) is 0 Å². The molecule has 0 bridgehead atoms. The van der Waals surface area contributed by atoms with E-state index in [1.807, 2.05) is 45.0 Å². The highest BCUT2D eigenvalue weighted by molar-refractivity contribution is 5.78. The summed E-state index contributed by atoms with van der Waals surface area (Å²) in [6.07, 6.45) is 2.29. The molecule has 2 aromatic heterocycles. The predicted molar refractivity (Wildman–Crippen MR) is 220 cm³/mol. The van der Waals surface area contributed by atoms with E-state index in [0.717, 1.165) is 51.8 Å². The number of carbonyl (C=O) groups is 1. The summed E-state index contributed by atoms with van der Waals surface area (Å²) in [4.78, 5) is 23.2. The van der Waals surface area contributed by atoms with Crippen molar-refractivity contribution >= 4 is 5.91 Å². The van der Waals surface area contributed by atoms with Gasteiger partial charge >= 0.3 is 0 Å². The lowest BCUT2D eigenvalue weighted by molar-refractivity contribution is -0.127. The third-order valence-corrected chi connectivity index (χ3v) is 10.9. The Labute approximate surface area is 347 Å². The lowest BCUT2D eigenvalue weighted by Crippen LogP contribution is -2.34. The first-order chi connectivity index (χ1) is 29.0. The fourth-order valence-electron chi connectivity index (χ4n) is 7.98. The Morgan fingerprint density at radius 3 is 2.08 bits per heavy atom. The van der Waals surface area contributed by atoms with E-state index in [9.17, 15) is 20.4 Å². The number of nitriles is 2. The summed E-state index contributed by atoms with van der Waals surface area (Å²) in [7, 11) is 3.49. The van der Waals surface area contributed by atoms with E-state index in [0.29, 0.717) is 64.7 Å². The van der Waals surface area contributed by atoms with Gasteiger partial charge in [0.1, 0.15) is 23.6 Å². The van der Waals surface area contributed by atoms with E-state index in [1.54, 1.807) is 55.4 Å². The lowest BCUT2D eigenvalue weighted by Gasteiger charge is -2.18. The number of fused-ring (bicyclic) bond motifs is 2. The Hall–Kier alpha value is -6.87. The van der Waals surface area contributed by atoms with Gasteiger partial charge in [0.25, 0.3) is 11.8 Å². The number of benzene rings is 4. The number of nitrogens with one attached hydrogen (secondary N) is 1. The van der Waals surface area contributed by atoms with Gasteiger partial charge in [0.15, 0.2) is 0 Å². The number of rotatable bonds is 13. The molecule has 4 aromatic carbocycles. The van der Waals surface area contributed by atoms with E-state index in [-0.39, 0.29) is 42.5 Å². The molecule has 304 valence electrons. The Bertz CT molecular complexity index is 2670. The van der Waals surface area contributed by atoms with Crippen LogP contribution in [-0.2, 0) is 24.1 Å². The SMILES string of the molecule is CC(C)Oc1ccc(-c2nc(-c3cc(CC(C)Oc4ccc(-c5nc(-c6cccc7c6CCC7NCC(=O)N(C)C)no5)cc4C#N)cc4c3CC[C@@H]4O)no2)cc1C#N. The molecule has 60 heavy (non-hydrogen) atoms. The van der Waals surface area contributed by atoms with Gasteiger partial charge in [0, 0.05) is 48.8 Å². The van der Waals surface area contributed by atoms with Crippen LogP contribution in [0.2, 0.25) is 0 Å². The molecular weight excluding hydrogens is 761 g/mol. The highest BCUT2D eigenvalue weighted by atomic mass is 16.5. The molecule has 0 saturated heterocycles. The third-order valence-electron chi connectivity index (χ3n) is 10.9. The second kappa shape index (κ2) is 16.8. The molecule has 0 radical (unpaired) electrons. The van der Waals surface area contributed by atoms with E-state index in [4.69, 9.17) is 28.5 Å². The molecule has 0 spiro atoms. The van der Waals surface area contributed by atoms with Crippen molar-refractivity contribution in [1.82, 2.24) is 30.5 Å². The molecule has 2 N–H and O–H groups in total. The Kier molecular flexibility index (Phi) is 11.2. The minimum Gasteiger partial charge on any atom is -0.490 e. The first kappa shape index (κ1) is 39.9. The Morgan fingerprint density at radius 2 is 1.45 bits per heavy atom. The van der Waals surface area contributed by atoms with Crippen molar-refractivity contribution in [3.05, 3.63) is 106 Å². The molecular formula is C46H44N8O6. The fraction of sp³-hybridized carbons (Fsp3) is 0.326. The second-order valence-electron chi connectivity index (χ2n) is 15.7. The van der Waals surface area contributed by atoms with Crippen molar-refractivity contribution in [1.29, 1.82) is 10.5 Å². The number of amides is 1. The molecule has 6 aromatic rings. The van der Waals surface area contributed by atoms with Crippen LogP contribution in [0.5, 0.6) is 11.5 Å². The summed E-state index contributed by atoms with van der Waals surface area (Å²) in [6.45, 7) is 5.98. The number of hydrogen-bond donors (Lipinski definition) is 2. The van der Waals surface area contributed by atoms with Crippen LogP contribution in [-0.4, -0.2) is 69.0 Å². The summed E-state index contributed by atoms with van der Waals surface area (Å²) in [6, 6.07) is 24.9. The van der Waals surface area contributed by atoms with Crippen LogP contribution < -0.4 is 14.8 Å². The van der Waals surface area contributed by atoms with Crippen molar-refractivity contribution in [3.63, 3.8) is 0 Å². The maximum atomic E-state index is 12.2. The minimum atomic E-state index is -0.627. The fourth-order valence-corrected chi connectivity index (χ4v) is 7.98. The molecule has 14 heteroatoms. The van der Waals surface area contributed by atoms with Crippen molar-refractivity contribution in [2.75, 3.05) is 20.6 Å². The van der Waals surface area contributed by atoms with Gasteiger partial charge in [-0.05, 0) is 117 Å². The molecule has 8 rings (SSSR count). The van der Waals surface area contributed by atoms with Crippen molar-refractivity contribution < 1.29 is 28.4 Å². The van der Waals surface area contributed by atoms with Crippen molar-refractivity contribution in [2.45, 2.75) is 77.2 Å². The second-order valence-corrected chi connectivity index (χ2v) is 15.7. The first-order valence-corrected chi connectivity index (χ1v) is 20.0. The summed E-state index contributed by atoms with van der Waals surface area (Å²) in [5.74, 6) is 2.28. The molecule has 1 amide bonds. The maximum Gasteiger partial charge on any atom is 0.258 e. The normalized spacial score (nSPS) is 15.9. The average molecular weight is 805 g/mol. The quantitative estimate of drug-likeness (QED) is 0.118. The number of ether oxygens (including phenoxy) is 2. The zero-order chi connectivity index (χ0) is 42.1. The molecule has 0 fully saturated rings. The molecule has 2 aliphatic rings. The van der Waals surface area contributed by atoms with E-state index >= 15 is 0 Å². The van der Waals surface area contributed by atoms with Gasteiger partial charge < -0.3 is 33.8 Å². The topological polar surface area (TPSA) is 196 Å². The molecule has 2 heterocycles. The lowest BCUT2D eigenvalue weighted by atomic mass is 9.96. The van der Waals surface area contributed by atoms with Gasteiger partial charge in [-0.1, -0.05) is 34.6 Å². The standard InChI is InChI=1S/C46H44N8O6/c1-25(2)57-40-15-9-28(20-30(40)22-47)46-51-44(53-60-46)37-19-27(18-36-33(37)12-14-39(36)55)17-26(3)58-41-16-10-29(21-31(41)23-48)45-50-43(52-59-45)35-8-6-7-34-32(35)11-13-38(34)49-24-42(56)54(4)5/h6-10,15-16,18-21,25-26,38-39,49,55H,11-14,17,24H2,1-5H3/t26?,38?,39-/m0/s1. The van der Waals surface area contributed by atoms with Crippen LogP contribution in [0, 0.1) is 22.7 Å². The number of aromatic nitrogens is 4. The van der Waals surface area contributed by atoms with Crippen LogP contribution in [0.15, 0.2) is 75.8 Å². The molecule has 0 saturated carbocycles. The van der Waals surface area contributed by atoms with Crippen LogP contribution in [0.1, 0.15) is 84.7 Å². The Morgan fingerprint density at radius 1 is 0.833 bits per heavy atom. The number of hydrogen-bond acceptors (Lipinski definition) is 13. The van der Waals surface area contributed by atoms with Gasteiger partial charge in [-0.15, -0.1) is 0 Å². The predicted octanol–water partition coefficient (Wildman–Crippen LogP) is 7.31. The number of likely N-dealkylation sites (N-methyl/N-ethyl adjacent to an activating group) is 1. The first-order valence-electron chi connectivity index (χ1n) is 20.0. The largest absolute Gasteiger partial charge is 0.490 e. The van der Waals surface area contributed by atoms with Gasteiger partial charge in [-0.3, -0.25) is 4.79 Å². The van der Waals surface area contributed by atoms with Crippen LogP contribution in [0.3, 0.4) is 0 Å². The van der Waals surface area contributed by atoms with Gasteiger partial charge in [-0.2, -0.15) is 20.5 Å². The summed E-state index contributed by atoms with van der Waals surface area (Å²) >= 11 is 0. The minimum absolute atomic E-state index is 0.0178. The zero-order valence-electron chi connectivity index (χ0n) is 34.0. The summed E-state index contributed by atoms with van der Waals surface area (Å²) in [5.41, 5.74) is 8.40. The van der Waals surface area contributed by atoms with Crippen molar-refractivity contribution in [3.8, 4) is 69.3 Å². The summed E-state index contributed by atoms with van der Waals surface area (Å²) in [5, 5.41) is 42.8. The highest BCUT2D eigenvalue weighted by Gasteiger charge is 2.29. The molecule has 14 nitrogen and oxygen atoms in total. The van der Waals surface area contributed by atoms with Gasteiger partial charge in [0.2, 0.25) is 17.6 Å². The average Bonchev–Trinajstić information content (AvgIpc) is 4.07.